The van der Waals surface area contributed by atoms with Gasteiger partial charge in [-0.05, 0) is 43.3 Å². The average Bonchev–Trinajstić information content (AvgIpc) is 2.64. The van der Waals surface area contributed by atoms with Crippen LogP contribution in [0, 0.1) is 5.82 Å². The molecule has 2 aromatic rings. The Bertz CT molecular complexity index is 886. The van der Waals surface area contributed by atoms with Crippen LogP contribution in [0.5, 0.6) is 0 Å². The summed E-state index contributed by atoms with van der Waals surface area (Å²) in [4.78, 5) is 23.8. The molecule has 0 saturated heterocycles. The fourth-order valence-corrected chi connectivity index (χ4v) is 3.11. The molecule has 27 heavy (non-hydrogen) atoms. The van der Waals surface area contributed by atoms with Crippen molar-refractivity contribution in [1.82, 2.24) is 4.72 Å². The Labute approximate surface area is 156 Å². The van der Waals surface area contributed by atoms with Gasteiger partial charge in [-0.25, -0.2) is 17.5 Å². The van der Waals surface area contributed by atoms with E-state index in [4.69, 9.17) is 4.74 Å². The number of benzene rings is 2. The van der Waals surface area contributed by atoms with Crippen molar-refractivity contribution >= 4 is 27.6 Å². The molecule has 0 heterocycles. The van der Waals surface area contributed by atoms with E-state index < -0.39 is 33.8 Å². The lowest BCUT2D eigenvalue weighted by Crippen LogP contribution is -2.32. The maximum Gasteiger partial charge on any atom is 0.307 e. The van der Waals surface area contributed by atoms with Crippen molar-refractivity contribution in [3.8, 4) is 0 Å². The first kappa shape index (κ1) is 20.5. The Hall–Kier alpha value is -2.78. The normalized spacial score (nSPS) is 12.2. The highest BCUT2D eigenvalue weighted by Crippen LogP contribution is 2.10. The topological polar surface area (TPSA) is 102 Å². The summed E-state index contributed by atoms with van der Waals surface area (Å²) < 4.78 is 44.1. The van der Waals surface area contributed by atoms with Gasteiger partial charge in [0.25, 0.3) is 5.91 Å². The van der Waals surface area contributed by atoms with Gasteiger partial charge >= 0.3 is 5.97 Å². The molecule has 0 aromatic heterocycles. The Kier molecular flexibility index (Phi) is 7.03. The molecule has 1 atom stereocenters. The van der Waals surface area contributed by atoms with Gasteiger partial charge in [-0.15, -0.1) is 0 Å². The van der Waals surface area contributed by atoms with Crippen molar-refractivity contribution in [2.75, 3.05) is 11.9 Å². The molecule has 2 N–H and O–H groups in total. The van der Waals surface area contributed by atoms with Gasteiger partial charge in [-0.3, -0.25) is 9.59 Å². The maximum absolute atomic E-state index is 12.8. The number of nitrogens with one attached hydrogen (secondary N) is 2. The third-order valence-corrected chi connectivity index (χ3v) is 4.94. The summed E-state index contributed by atoms with van der Waals surface area (Å²) in [5, 5.41) is 2.48. The van der Waals surface area contributed by atoms with Crippen LogP contribution in [0.2, 0.25) is 0 Å². The van der Waals surface area contributed by atoms with Crippen molar-refractivity contribution in [3.05, 3.63) is 60.4 Å². The van der Waals surface area contributed by atoms with Gasteiger partial charge in [0.2, 0.25) is 10.0 Å². The highest BCUT2D eigenvalue weighted by atomic mass is 32.2. The van der Waals surface area contributed by atoms with Gasteiger partial charge in [-0.1, -0.05) is 18.2 Å². The number of esters is 1. The summed E-state index contributed by atoms with van der Waals surface area (Å²) in [6.45, 7) is 1.22. The van der Waals surface area contributed by atoms with Gasteiger partial charge in [0.1, 0.15) is 5.82 Å². The first-order valence-corrected chi connectivity index (χ1v) is 9.57. The zero-order valence-corrected chi connectivity index (χ0v) is 15.3. The minimum Gasteiger partial charge on any atom is -0.452 e. The smallest absolute Gasteiger partial charge is 0.307 e. The Morgan fingerprint density at radius 3 is 2.33 bits per heavy atom. The Morgan fingerprint density at radius 2 is 1.70 bits per heavy atom. The van der Waals surface area contributed by atoms with E-state index in [0.717, 1.165) is 0 Å². The lowest BCUT2D eigenvalue weighted by molar-refractivity contribution is -0.152. The van der Waals surface area contributed by atoms with Crippen LogP contribution in [-0.2, 0) is 24.3 Å². The third-order valence-electron chi connectivity index (χ3n) is 3.46. The second-order valence-corrected chi connectivity index (χ2v) is 7.36. The number of ether oxygens (including phenoxy) is 1. The van der Waals surface area contributed by atoms with Gasteiger partial charge in [0.05, 0.1) is 11.3 Å². The molecule has 0 spiro atoms. The van der Waals surface area contributed by atoms with Crippen LogP contribution in [0.15, 0.2) is 59.5 Å². The SMILES string of the molecule is C[C@@H](OC(=O)CCNS(=O)(=O)c1ccccc1)C(=O)Nc1ccc(F)cc1. The Balaban J connectivity index is 1.77. The van der Waals surface area contributed by atoms with E-state index in [1.54, 1.807) is 18.2 Å². The van der Waals surface area contributed by atoms with Crippen molar-refractivity contribution in [3.63, 3.8) is 0 Å². The molecule has 0 radical (unpaired) electrons. The van der Waals surface area contributed by atoms with Crippen molar-refractivity contribution in [2.24, 2.45) is 0 Å². The molecule has 144 valence electrons. The molecule has 2 rings (SSSR count). The monoisotopic (exact) mass is 394 g/mol. The van der Waals surface area contributed by atoms with Gasteiger partial charge in [0.15, 0.2) is 6.10 Å². The first-order chi connectivity index (χ1) is 12.8. The zero-order valence-electron chi connectivity index (χ0n) is 14.5. The molecule has 0 aliphatic heterocycles. The third kappa shape index (κ3) is 6.46. The molecular formula is C18H19FN2O5S. The largest absolute Gasteiger partial charge is 0.452 e. The van der Waals surface area contributed by atoms with E-state index in [-0.39, 0.29) is 17.9 Å². The number of carbonyl (C=O) groups excluding carboxylic acids is 2. The van der Waals surface area contributed by atoms with E-state index in [0.29, 0.717) is 5.69 Å². The van der Waals surface area contributed by atoms with Crippen LogP contribution < -0.4 is 10.0 Å². The number of amides is 1. The number of halogens is 1. The summed E-state index contributed by atoms with van der Waals surface area (Å²) in [5.74, 6) is -1.75. The molecule has 0 bridgehead atoms. The standard InChI is InChI=1S/C18H19FN2O5S/c1-13(18(23)21-15-9-7-14(19)8-10-15)26-17(22)11-12-20-27(24,25)16-5-3-2-4-6-16/h2-10,13,20H,11-12H2,1H3,(H,21,23)/t13-/m1/s1. The predicted octanol–water partition coefficient (Wildman–Crippen LogP) is 2.06. The van der Waals surface area contributed by atoms with E-state index in [1.807, 2.05) is 0 Å². The fourth-order valence-electron chi connectivity index (χ4n) is 2.06. The van der Waals surface area contributed by atoms with Gasteiger partial charge in [-0.2, -0.15) is 0 Å². The van der Waals surface area contributed by atoms with Crippen LogP contribution in [0.4, 0.5) is 10.1 Å². The maximum atomic E-state index is 12.8. The molecule has 0 unspecified atom stereocenters. The van der Waals surface area contributed by atoms with E-state index in [1.165, 1.54) is 43.3 Å². The number of rotatable bonds is 8. The highest BCUT2D eigenvalue weighted by molar-refractivity contribution is 7.89. The van der Waals surface area contributed by atoms with Gasteiger partial charge in [0, 0.05) is 12.2 Å². The van der Waals surface area contributed by atoms with Crippen molar-refractivity contribution < 1.29 is 27.1 Å². The molecule has 1 amide bonds. The summed E-state index contributed by atoms with van der Waals surface area (Å²) in [6, 6.07) is 12.9. The molecule has 9 heteroatoms. The quantitative estimate of drug-likeness (QED) is 0.668. The number of sulfonamides is 1. The van der Waals surface area contributed by atoms with Crippen LogP contribution in [-0.4, -0.2) is 32.9 Å². The second kappa shape index (κ2) is 9.24. The molecule has 0 fully saturated rings. The summed E-state index contributed by atoms with van der Waals surface area (Å²) in [6.07, 6.45) is -1.33. The average molecular weight is 394 g/mol. The van der Waals surface area contributed by atoms with E-state index in [2.05, 4.69) is 10.0 Å². The number of anilines is 1. The second-order valence-electron chi connectivity index (χ2n) is 5.59. The molecule has 2 aromatic carbocycles. The molecule has 0 saturated carbocycles. The summed E-state index contributed by atoms with van der Waals surface area (Å²) in [7, 11) is -3.71. The molecule has 0 aliphatic carbocycles. The van der Waals surface area contributed by atoms with Crippen LogP contribution in [0.25, 0.3) is 0 Å². The summed E-state index contributed by atoms with van der Waals surface area (Å²) >= 11 is 0. The minimum absolute atomic E-state index is 0.0883. The Morgan fingerprint density at radius 1 is 1.07 bits per heavy atom. The summed E-state index contributed by atoms with van der Waals surface area (Å²) in [5.41, 5.74) is 0.361. The first-order valence-electron chi connectivity index (χ1n) is 8.08. The minimum atomic E-state index is -3.71. The fraction of sp³-hybridized carbons (Fsp3) is 0.222. The number of hydrogen-bond acceptors (Lipinski definition) is 5. The zero-order chi connectivity index (χ0) is 19.9. The lowest BCUT2D eigenvalue weighted by atomic mass is 10.3. The van der Waals surface area contributed by atoms with Crippen molar-refractivity contribution in [1.29, 1.82) is 0 Å². The van der Waals surface area contributed by atoms with E-state index >= 15 is 0 Å². The van der Waals surface area contributed by atoms with Crippen LogP contribution in [0.1, 0.15) is 13.3 Å². The van der Waals surface area contributed by atoms with Crippen LogP contribution in [0.3, 0.4) is 0 Å². The van der Waals surface area contributed by atoms with Crippen LogP contribution >= 0.6 is 0 Å². The predicted molar refractivity (Wildman–Crippen MR) is 96.8 cm³/mol. The number of carbonyl (C=O) groups is 2. The van der Waals surface area contributed by atoms with Gasteiger partial charge < -0.3 is 10.1 Å². The highest BCUT2D eigenvalue weighted by Gasteiger charge is 2.19. The van der Waals surface area contributed by atoms with E-state index in [9.17, 15) is 22.4 Å². The lowest BCUT2D eigenvalue weighted by Gasteiger charge is -2.14. The van der Waals surface area contributed by atoms with Crippen molar-refractivity contribution in [2.45, 2.75) is 24.3 Å². The number of hydrogen-bond donors (Lipinski definition) is 2. The molecular weight excluding hydrogens is 375 g/mol. The molecule has 0 aliphatic rings. The molecule has 7 nitrogen and oxygen atoms in total.